The van der Waals surface area contributed by atoms with Crippen molar-refractivity contribution < 1.29 is 4.92 Å². The van der Waals surface area contributed by atoms with E-state index in [1.54, 1.807) is 12.1 Å². The van der Waals surface area contributed by atoms with Crippen LogP contribution < -0.4 is 0 Å². The van der Waals surface area contributed by atoms with Crippen molar-refractivity contribution in [2.45, 2.75) is 4.90 Å². The third-order valence-electron chi connectivity index (χ3n) is 1.13. The molecule has 0 aliphatic carbocycles. The Hall–Kier alpha value is -0.680. The molecule has 0 bridgehead atoms. The molecule has 0 saturated carbocycles. The molecule has 0 atom stereocenters. The van der Waals surface area contributed by atoms with Crippen LogP contribution in [0.3, 0.4) is 0 Å². The molecular weight excluding hydrogens is 230 g/mol. The van der Waals surface area contributed by atoms with Gasteiger partial charge in [0.15, 0.2) is 0 Å². The van der Waals surface area contributed by atoms with Gasteiger partial charge in [0, 0.05) is 0 Å². The molecule has 1 radical (unpaired) electrons. The summed E-state index contributed by atoms with van der Waals surface area (Å²) < 4.78 is 0.426. The van der Waals surface area contributed by atoms with Gasteiger partial charge < -0.3 is 0 Å². The van der Waals surface area contributed by atoms with Crippen LogP contribution in [0.4, 0.5) is 5.69 Å². The fourth-order valence-electron chi connectivity index (χ4n) is 0.673. The first-order valence-corrected chi connectivity index (χ1v) is 3.93. The van der Waals surface area contributed by atoms with Crippen LogP contribution in [-0.2, 0) is 0 Å². The highest BCUT2D eigenvalue weighted by atomic mass is 79.9. The van der Waals surface area contributed by atoms with E-state index in [0.717, 1.165) is 0 Å². The van der Waals surface area contributed by atoms with Crippen LogP contribution in [-0.4, -0.2) is 4.92 Å². The van der Waals surface area contributed by atoms with Crippen molar-refractivity contribution in [1.82, 2.24) is 0 Å². The highest BCUT2D eigenvalue weighted by molar-refractivity contribution is 9.10. The number of halogens is 1. The molecule has 1 aromatic carbocycles. The molecule has 0 aliphatic heterocycles. The number of nitro benzene ring substituents is 1. The smallest absolute Gasteiger partial charge is 0.258 e. The lowest BCUT2D eigenvalue weighted by Gasteiger charge is -1.95. The molecule has 0 unspecified atom stereocenters. The third-order valence-corrected chi connectivity index (χ3v) is 2.10. The van der Waals surface area contributed by atoms with Gasteiger partial charge in [0.05, 0.1) is 9.40 Å². The molecule has 0 fully saturated rings. The summed E-state index contributed by atoms with van der Waals surface area (Å²) in [6, 6.07) is 4.78. The predicted octanol–water partition coefficient (Wildman–Crippen LogP) is 2.91. The Morgan fingerprint density at radius 3 is 2.55 bits per heavy atom. The van der Waals surface area contributed by atoms with E-state index in [-0.39, 0.29) is 10.6 Å². The van der Waals surface area contributed by atoms with E-state index in [1.165, 1.54) is 6.07 Å². The minimum Gasteiger partial charge on any atom is -0.258 e. The van der Waals surface area contributed by atoms with Crippen LogP contribution in [0.15, 0.2) is 27.6 Å². The Labute approximate surface area is 77.1 Å². The van der Waals surface area contributed by atoms with Crippen molar-refractivity contribution in [3.63, 3.8) is 0 Å². The molecule has 57 valence electrons. The number of benzene rings is 1. The highest BCUT2D eigenvalue weighted by Crippen LogP contribution is 2.30. The van der Waals surface area contributed by atoms with E-state index < -0.39 is 4.92 Å². The Kier molecular flexibility index (Phi) is 2.41. The molecule has 0 heterocycles. The molecule has 11 heavy (non-hydrogen) atoms. The van der Waals surface area contributed by atoms with E-state index in [9.17, 15) is 10.1 Å². The molecule has 0 aromatic heterocycles. The number of rotatable bonds is 1. The van der Waals surface area contributed by atoms with Crippen LogP contribution in [0, 0.1) is 10.1 Å². The second-order valence-electron chi connectivity index (χ2n) is 1.84. The topological polar surface area (TPSA) is 43.1 Å². The van der Waals surface area contributed by atoms with E-state index in [1.807, 2.05) is 0 Å². The summed E-state index contributed by atoms with van der Waals surface area (Å²) in [4.78, 5) is 10.1. The van der Waals surface area contributed by atoms with Crippen LogP contribution in [0.1, 0.15) is 0 Å². The van der Waals surface area contributed by atoms with Crippen molar-refractivity contribution in [2.24, 2.45) is 0 Å². The Morgan fingerprint density at radius 2 is 2.18 bits per heavy atom. The molecular formula is C6H3BrNO2S. The fraction of sp³-hybridized carbons (Fsp3) is 0. The number of nitro groups is 1. The first kappa shape index (κ1) is 8.42. The number of hydrogen-bond acceptors (Lipinski definition) is 2. The monoisotopic (exact) mass is 232 g/mol. The van der Waals surface area contributed by atoms with Gasteiger partial charge in [-0.3, -0.25) is 10.1 Å². The Morgan fingerprint density at radius 1 is 1.55 bits per heavy atom. The van der Waals surface area contributed by atoms with Gasteiger partial charge in [-0.15, -0.1) is 0 Å². The minimum absolute atomic E-state index is 0.0394. The van der Waals surface area contributed by atoms with Gasteiger partial charge >= 0.3 is 5.69 Å². The molecule has 1 rings (SSSR count). The van der Waals surface area contributed by atoms with Crippen molar-refractivity contribution >= 4 is 34.2 Å². The summed E-state index contributed by atoms with van der Waals surface area (Å²) in [5.41, 5.74) is -0.0394. The maximum absolute atomic E-state index is 10.4. The summed E-state index contributed by atoms with van der Waals surface area (Å²) in [5, 5.41) is 10.4. The summed E-state index contributed by atoms with van der Waals surface area (Å²) >= 11 is 7.78. The normalized spacial score (nSPS) is 9.55. The van der Waals surface area contributed by atoms with Crippen LogP contribution >= 0.6 is 28.6 Å². The van der Waals surface area contributed by atoms with Gasteiger partial charge in [0.2, 0.25) is 0 Å². The quantitative estimate of drug-likeness (QED) is 0.552. The van der Waals surface area contributed by atoms with Crippen LogP contribution in [0.25, 0.3) is 0 Å². The Balaban J connectivity index is 3.32. The van der Waals surface area contributed by atoms with Gasteiger partial charge in [-0.05, 0) is 28.1 Å². The van der Waals surface area contributed by atoms with Gasteiger partial charge in [-0.2, -0.15) is 0 Å². The number of hydrogen-bond donors (Lipinski definition) is 0. The lowest BCUT2D eigenvalue weighted by molar-refractivity contribution is -0.388. The second kappa shape index (κ2) is 3.15. The molecule has 5 heteroatoms. The average molecular weight is 233 g/mol. The summed E-state index contributed by atoms with van der Waals surface area (Å²) in [7, 11) is 0. The van der Waals surface area contributed by atoms with Crippen molar-refractivity contribution in [3.05, 3.63) is 32.8 Å². The Bertz CT molecular complexity index is 282. The SMILES string of the molecule is O=[N+]([O-])c1c([S])cccc1Br. The van der Waals surface area contributed by atoms with E-state index in [0.29, 0.717) is 4.47 Å². The molecule has 1 aromatic rings. The van der Waals surface area contributed by atoms with E-state index in [4.69, 9.17) is 12.6 Å². The molecule has 3 nitrogen and oxygen atoms in total. The molecule has 0 spiro atoms. The summed E-state index contributed by atoms with van der Waals surface area (Å²) in [6.45, 7) is 0. The van der Waals surface area contributed by atoms with Gasteiger partial charge in [0.25, 0.3) is 0 Å². The summed E-state index contributed by atoms with van der Waals surface area (Å²) in [6.07, 6.45) is 0. The maximum Gasteiger partial charge on any atom is 0.301 e. The summed E-state index contributed by atoms with van der Waals surface area (Å²) in [5.74, 6) is 0. The molecule has 0 aliphatic rings. The highest BCUT2D eigenvalue weighted by Gasteiger charge is 2.15. The zero-order valence-corrected chi connectivity index (χ0v) is 7.68. The fourth-order valence-corrected chi connectivity index (χ4v) is 1.58. The zero-order chi connectivity index (χ0) is 8.43. The zero-order valence-electron chi connectivity index (χ0n) is 5.28. The first-order chi connectivity index (χ1) is 5.13. The second-order valence-corrected chi connectivity index (χ2v) is 3.14. The third kappa shape index (κ3) is 1.66. The van der Waals surface area contributed by atoms with Crippen molar-refractivity contribution in [3.8, 4) is 0 Å². The lowest BCUT2D eigenvalue weighted by Crippen LogP contribution is -1.90. The van der Waals surface area contributed by atoms with Crippen LogP contribution in [0.5, 0.6) is 0 Å². The molecule has 0 amide bonds. The molecule has 0 saturated heterocycles. The van der Waals surface area contributed by atoms with E-state index in [2.05, 4.69) is 15.9 Å². The average Bonchev–Trinajstić information content (AvgIpc) is 1.85. The van der Waals surface area contributed by atoms with Crippen molar-refractivity contribution in [1.29, 1.82) is 0 Å². The van der Waals surface area contributed by atoms with Crippen LogP contribution in [0.2, 0.25) is 0 Å². The van der Waals surface area contributed by atoms with E-state index >= 15 is 0 Å². The minimum atomic E-state index is -0.494. The predicted molar refractivity (Wildman–Crippen MR) is 46.7 cm³/mol. The lowest BCUT2D eigenvalue weighted by atomic mass is 10.3. The van der Waals surface area contributed by atoms with Crippen molar-refractivity contribution in [2.75, 3.05) is 0 Å². The number of para-hydroxylation sites is 1. The maximum atomic E-state index is 10.4. The largest absolute Gasteiger partial charge is 0.301 e. The van der Waals surface area contributed by atoms with Gasteiger partial charge in [-0.1, -0.05) is 18.7 Å². The van der Waals surface area contributed by atoms with Gasteiger partial charge in [0.1, 0.15) is 4.90 Å². The van der Waals surface area contributed by atoms with Gasteiger partial charge in [-0.25, -0.2) is 0 Å². The molecule has 0 N–H and O–H groups in total. The first-order valence-electron chi connectivity index (χ1n) is 2.73. The number of nitrogens with zero attached hydrogens (tertiary/aromatic N) is 1. The standard InChI is InChI=1S/C6H3BrNO2S/c7-4-2-1-3-5(11)6(4)8(9)10/h1-3H.